The molecule has 1 amide bonds. The summed E-state index contributed by atoms with van der Waals surface area (Å²) in [7, 11) is 2.11. The van der Waals surface area contributed by atoms with E-state index < -0.39 is 0 Å². The number of para-hydroxylation sites is 1. The van der Waals surface area contributed by atoms with Crippen molar-refractivity contribution < 1.29 is 9.69 Å². The van der Waals surface area contributed by atoms with Gasteiger partial charge < -0.3 is 14.7 Å². The fourth-order valence-corrected chi connectivity index (χ4v) is 3.65. The van der Waals surface area contributed by atoms with Crippen molar-refractivity contribution in [1.29, 1.82) is 0 Å². The molecule has 0 saturated carbocycles. The minimum atomic E-state index is 0.264. The molecule has 1 N–H and O–H groups in total. The molecule has 1 unspecified atom stereocenters. The van der Waals surface area contributed by atoms with Gasteiger partial charge in [0.15, 0.2) is 6.54 Å². The molecular weight excluding hydrogens is 322 g/mol. The topological polar surface area (TPSA) is 28.0 Å². The molecule has 4 heteroatoms. The van der Waals surface area contributed by atoms with Gasteiger partial charge in [-0.1, -0.05) is 42.0 Å². The highest BCUT2D eigenvalue weighted by molar-refractivity contribution is 5.77. The number of likely N-dealkylation sites (N-methyl/N-ethyl adjacent to an activating group) is 1. The highest BCUT2D eigenvalue weighted by Crippen LogP contribution is 2.15. The third kappa shape index (κ3) is 4.64. The summed E-state index contributed by atoms with van der Waals surface area (Å²) in [5, 5.41) is 0. The molecule has 2 aromatic rings. The van der Waals surface area contributed by atoms with Gasteiger partial charge in [0, 0.05) is 37.4 Å². The number of rotatable bonds is 5. The summed E-state index contributed by atoms with van der Waals surface area (Å²) < 4.78 is 0. The van der Waals surface area contributed by atoms with Crippen molar-refractivity contribution >= 4 is 11.6 Å². The first-order valence-electron chi connectivity index (χ1n) is 9.48. The molecule has 1 heterocycles. The highest BCUT2D eigenvalue weighted by atomic mass is 16.2. The number of nitrogens with one attached hydrogen (secondary N) is 1. The number of amides is 1. The van der Waals surface area contributed by atoms with Crippen LogP contribution in [0.3, 0.4) is 0 Å². The van der Waals surface area contributed by atoms with Crippen LogP contribution in [0.2, 0.25) is 0 Å². The monoisotopic (exact) mass is 352 g/mol. The summed E-state index contributed by atoms with van der Waals surface area (Å²) in [5.74, 6) is 0.264. The molecule has 1 aliphatic rings. The van der Waals surface area contributed by atoms with E-state index in [4.69, 9.17) is 0 Å². The van der Waals surface area contributed by atoms with E-state index in [1.54, 1.807) is 0 Å². The van der Waals surface area contributed by atoms with Crippen LogP contribution in [0, 0.1) is 13.8 Å². The Labute approximate surface area is 157 Å². The Balaban J connectivity index is 1.49. The van der Waals surface area contributed by atoms with Gasteiger partial charge in [-0.3, -0.25) is 4.79 Å². The molecule has 0 aliphatic carbocycles. The van der Waals surface area contributed by atoms with E-state index in [-0.39, 0.29) is 5.91 Å². The van der Waals surface area contributed by atoms with E-state index in [0.29, 0.717) is 6.54 Å². The molecule has 0 spiro atoms. The van der Waals surface area contributed by atoms with Gasteiger partial charge in [0.1, 0.15) is 6.54 Å². The predicted octanol–water partition coefficient (Wildman–Crippen LogP) is 1.67. The van der Waals surface area contributed by atoms with E-state index >= 15 is 0 Å². The van der Waals surface area contributed by atoms with Gasteiger partial charge in [-0.2, -0.15) is 0 Å². The number of hydrogen-bond acceptors (Lipinski definition) is 2. The Bertz CT molecular complexity index is 736. The lowest BCUT2D eigenvalue weighted by Crippen LogP contribution is -3.09. The van der Waals surface area contributed by atoms with Gasteiger partial charge in [-0.05, 0) is 31.5 Å². The number of quaternary nitrogens is 1. The third-order valence-electron chi connectivity index (χ3n) is 5.20. The molecule has 0 aromatic heterocycles. The lowest BCUT2D eigenvalue weighted by atomic mass is 10.1. The summed E-state index contributed by atoms with van der Waals surface area (Å²) in [6.45, 7) is 9.15. The van der Waals surface area contributed by atoms with Crippen molar-refractivity contribution in [1.82, 2.24) is 4.90 Å². The maximum absolute atomic E-state index is 12.7. The largest absolute Gasteiger partial charge is 0.368 e. The van der Waals surface area contributed by atoms with Crippen LogP contribution in [0.4, 0.5) is 5.69 Å². The normalized spacial score (nSPS) is 15.8. The van der Waals surface area contributed by atoms with E-state index in [9.17, 15) is 4.79 Å². The minimum Gasteiger partial charge on any atom is -0.368 e. The molecule has 1 saturated heterocycles. The Kier molecular flexibility index (Phi) is 5.94. The molecule has 1 atom stereocenters. The zero-order chi connectivity index (χ0) is 18.5. The smallest absolute Gasteiger partial charge is 0.277 e. The first-order chi connectivity index (χ1) is 12.5. The fourth-order valence-electron chi connectivity index (χ4n) is 3.65. The number of benzene rings is 2. The van der Waals surface area contributed by atoms with Gasteiger partial charge in [0.25, 0.3) is 5.91 Å². The van der Waals surface area contributed by atoms with Crippen molar-refractivity contribution in [3.63, 3.8) is 0 Å². The Morgan fingerprint density at radius 2 is 1.69 bits per heavy atom. The lowest BCUT2D eigenvalue weighted by molar-refractivity contribution is -0.885. The summed E-state index contributed by atoms with van der Waals surface area (Å²) in [6, 6.07) is 17.0. The summed E-state index contributed by atoms with van der Waals surface area (Å²) >= 11 is 0. The van der Waals surface area contributed by atoms with Crippen LogP contribution in [0.5, 0.6) is 0 Å². The van der Waals surface area contributed by atoms with Crippen molar-refractivity contribution in [3.05, 3.63) is 65.2 Å². The van der Waals surface area contributed by atoms with E-state index in [0.717, 1.165) is 32.7 Å². The molecule has 138 valence electrons. The van der Waals surface area contributed by atoms with Gasteiger partial charge in [0.05, 0.1) is 7.05 Å². The van der Waals surface area contributed by atoms with Gasteiger partial charge in [-0.25, -0.2) is 0 Å². The second-order valence-corrected chi connectivity index (χ2v) is 7.44. The Morgan fingerprint density at radius 1 is 1.00 bits per heavy atom. The summed E-state index contributed by atoms with van der Waals surface area (Å²) in [5.41, 5.74) is 5.18. The molecule has 1 aliphatic heterocycles. The molecule has 4 nitrogen and oxygen atoms in total. The van der Waals surface area contributed by atoms with E-state index in [1.165, 1.54) is 27.3 Å². The molecule has 2 aromatic carbocycles. The maximum atomic E-state index is 12.7. The molecular formula is C22H30N3O+. The number of aryl methyl sites for hydroxylation is 2. The Hall–Kier alpha value is -2.33. The number of carbonyl (C=O) groups is 1. The molecule has 3 rings (SSSR count). The zero-order valence-corrected chi connectivity index (χ0v) is 16.2. The maximum Gasteiger partial charge on any atom is 0.277 e. The van der Waals surface area contributed by atoms with Gasteiger partial charge in [-0.15, -0.1) is 0 Å². The highest BCUT2D eigenvalue weighted by Gasteiger charge is 2.23. The van der Waals surface area contributed by atoms with E-state index in [2.05, 4.69) is 68.3 Å². The molecule has 26 heavy (non-hydrogen) atoms. The van der Waals surface area contributed by atoms with Gasteiger partial charge in [0.2, 0.25) is 0 Å². The van der Waals surface area contributed by atoms with Crippen LogP contribution in [-0.2, 0) is 11.3 Å². The van der Waals surface area contributed by atoms with Gasteiger partial charge >= 0.3 is 0 Å². The second kappa shape index (κ2) is 8.37. The quantitative estimate of drug-likeness (QED) is 0.887. The molecule has 0 bridgehead atoms. The molecule has 0 radical (unpaired) electrons. The number of piperazine rings is 1. The van der Waals surface area contributed by atoms with Crippen molar-refractivity contribution in [2.24, 2.45) is 0 Å². The van der Waals surface area contributed by atoms with Crippen LogP contribution >= 0.6 is 0 Å². The van der Waals surface area contributed by atoms with Crippen LogP contribution in [0.25, 0.3) is 0 Å². The predicted molar refractivity (Wildman–Crippen MR) is 107 cm³/mol. The minimum absolute atomic E-state index is 0.264. The third-order valence-corrected chi connectivity index (χ3v) is 5.20. The average molecular weight is 353 g/mol. The average Bonchev–Trinajstić information content (AvgIpc) is 2.65. The number of nitrogens with zero attached hydrogens (tertiary/aromatic N) is 2. The molecule has 1 fully saturated rings. The SMILES string of the molecule is Cc1ccc(C[NH+](C)CC(=O)N2CCN(c3ccccc3)CC2)c(C)c1. The van der Waals surface area contributed by atoms with Crippen LogP contribution in [0.1, 0.15) is 16.7 Å². The van der Waals surface area contributed by atoms with E-state index in [1.807, 2.05) is 11.0 Å². The number of carbonyl (C=O) groups excluding carboxylic acids is 1. The van der Waals surface area contributed by atoms with Crippen molar-refractivity contribution in [2.75, 3.05) is 44.7 Å². The van der Waals surface area contributed by atoms with Crippen molar-refractivity contribution in [2.45, 2.75) is 20.4 Å². The first kappa shape index (κ1) is 18.5. The van der Waals surface area contributed by atoms with Crippen molar-refractivity contribution in [3.8, 4) is 0 Å². The Morgan fingerprint density at radius 3 is 2.35 bits per heavy atom. The fraction of sp³-hybridized carbons (Fsp3) is 0.409. The number of hydrogen-bond donors (Lipinski definition) is 1. The lowest BCUT2D eigenvalue weighted by Gasteiger charge is -2.36. The summed E-state index contributed by atoms with van der Waals surface area (Å²) in [6.07, 6.45) is 0. The van der Waals surface area contributed by atoms with Crippen LogP contribution in [0.15, 0.2) is 48.5 Å². The zero-order valence-electron chi connectivity index (χ0n) is 16.2. The van der Waals surface area contributed by atoms with Crippen LogP contribution in [-0.4, -0.2) is 50.6 Å². The second-order valence-electron chi connectivity index (χ2n) is 7.44. The summed E-state index contributed by atoms with van der Waals surface area (Å²) in [4.78, 5) is 18.3. The number of anilines is 1. The first-order valence-corrected chi connectivity index (χ1v) is 9.48. The van der Waals surface area contributed by atoms with Crippen LogP contribution < -0.4 is 9.80 Å². The standard InChI is InChI=1S/C22H29N3O/c1-18-9-10-20(19(2)15-18)16-23(3)17-22(26)25-13-11-24(12-14-25)21-7-5-4-6-8-21/h4-10,15H,11-14,16-17H2,1-3H3/p+1.